The van der Waals surface area contributed by atoms with Gasteiger partial charge < -0.3 is 15.4 Å². The molecule has 0 atom stereocenters. The largest absolute Gasteiger partial charge is 0.495 e. The summed E-state index contributed by atoms with van der Waals surface area (Å²) >= 11 is 3.50. The zero-order valence-electron chi connectivity index (χ0n) is 11.4. The van der Waals surface area contributed by atoms with Crippen molar-refractivity contribution < 1.29 is 4.74 Å². The Morgan fingerprint density at radius 3 is 2.89 bits per heavy atom. The van der Waals surface area contributed by atoms with E-state index in [1.165, 1.54) is 18.4 Å². The Morgan fingerprint density at radius 1 is 1.47 bits per heavy atom. The lowest BCUT2D eigenvalue weighted by Gasteiger charge is -2.13. The van der Waals surface area contributed by atoms with Crippen LogP contribution in [-0.2, 0) is 6.42 Å². The number of halogens is 1. The van der Waals surface area contributed by atoms with E-state index in [2.05, 4.69) is 37.6 Å². The van der Waals surface area contributed by atoms with Crippen LogP contribution in [0.25, 0.3) is 0 Å². The van der Waals surface area contributed by atoms with Gasteiger partial charge in [0.25, 0.3) is 0 Å². The molecule has 104 valence electrons. The van der Waals surface area contributed by atoms with Crippen molar-refractivity contribution in [3.05, 3.63) is 28.2 Å². The van der Waals surface area contributed by atoms with Gasteiger partial charge in [0.05, 0.1) is 11.6 Å². The summed E-state index contributed by atoms with van der Waals surface area (Å²) in [6, 6.07) is 6.72. The third-order valence-electron chi connectivity index (χ3n) is 3.08. The minimum Gasteiger partial charge on any atom is -0.495 e. The van der Waals surface area contributed by atoms with Gasteiger partial charge in [-0.25, -0.2) is 0 Å². The molecule has 1 aromatic rings. The molecule has 0 bridgehead atoms. The molecule has 1 aliphatic rings. The Morgan fingerprint density at radius 2 is 2.26 bits per heavy atom. The number of para-hydroxylation sites is 1. The van der Waals surface area contributed by atoms with E-state index >= 15 is 0 Å². The Balaban J connectivity index is 1.86. The van der Waals surface area contributed by atoms with Gasteiger partial charge in [-0.1, -0.05) is 12.1 Å². The van der Waals surface area contributed by atoms with E-state index in [1.54, 1.807) is 14.2 Å². The smallest absolute Gasteiger partial charge is 0.191 e. The second-order valence-electron chi connectivity index (χ2n) is 4.60. The van der Waals surface area contributed by atoms with Crippen molar-refractivity contribution in [1.82, 2.24) is 10.6 Å². The van der Waals surface area contributed by atoms with Crippen molar-refractivity contribution in [2.24, 2.45) is 4.99 Å². The molecule has 19 heavy (non-hydrogen) atoms. The summed E-state index contributed by atoms with van der Waals surface area (Å²) in [6.07, 6.45) is 3.40. The number of guanidine groups is 1. The van der Waals surface area contributed by atoms with Crippen molar-refractivity contribution in [2.75, 3.05) is 20.7 Å². The maximum Gasteiger partial charge on any atom is 0.191 e. The summed E-state index contributed by atoms with van der Waals surface area (Å²) < 4.78 is 6.41. The van der Waals surface area contributed by atoms with Crippen molar-refractivity contribution in [3.63, 3.8) is 0 Å². The van der Waals surface area contributed by atoms with Crippen molar-refractivity contribution in [2.45, 2.75) is 25.3 Å². The van der Waals surface area contributed by atoms with Gasteiger partial charge in [-0.2, -0.15) is 0 Å². The van der Waals surface area contributed by atoms with Crippen molar-refractivity contribution >= 4 is 21.9 Å². The molecule has 0 saturated heterocycles. The number of benzene rings is 1. The Kier molecular flexibility index (Phi) is 5.07. The van der Waals surface area contributed by atoms with Crippen LogP contribution in [0.2, 0.25) is 0 Å². The molecule has 1 saturated carbocycles. The minimum atomic E-state index is 0.617. The van der Waals surface area contributed by atoms with Crippen LogP contribution >= 0.6 is 15.9 Å². The molecular weight excluding hydrogens is 306 g/mol. The summed E-state index contributed by atoms with van der Waals surface area (Å²) in [5.41, 5.74) is 1.19. The molecule has 2 rings (SSSR count). The van der Waals surface area contributed by atoms with Gasteiger partial charge in [-0.05, 0) is 46.8 Å². The first-order chi connectivity index (χ1) is 9.24. The third kappa shape index (κ3) is 4.13. The highest BCUT2D eigenvalue weighted by Gasteiger charge is 2.21. The van der Waals surface area contributed by atoms with Crippen LogP contribution in [0.1, 0.15) is 18.4 Å². The highest BCUT2D eigenvalue weighted by atomic mass is 79.9. The highest BCUT2D eigenvalue weighted by Crippen LogP contribution is 2.28. The topological polar surface area (TPSA) is 45.7 Å². The zero-order chi connectivity index (χ0) is 13.7. The lowest BCUT2D eigenvalue weighted by molar-refractivity contribution is 0.407. The van der Waals surface area contributed by atoms with Gasteiger partial charge in [0, 0.05) is 19.6 Å². The number of aliphatic imine (C=N–C) groups is 1. The van der Waals surface area contributed by atoms with Crippen LogP contribution in [0.5, 0.6) is 5.75 Å². The van der Waals surface area contributed by atoms with Gasteiger partial charge in [0.15, 0.2) is 5.96 Å². The van der Waals surface area contributed by atoms with Gasteiger partial charge in [-0.3, -0.25) is 4.99 Å². The fourth-order valence-electron chi connectivity index (χ4n) is 1.91. The van der Waals surface area contributed by atoms with E-state index in [9.17, 15) is 0 Å². The first-order valence-corrected chi connectivity index (χ1v) is 7.32. The van der Waals surface area contributed by atoms with Crippen LogP contribution in [0, 0.1) is 0 Å². The quantitative estimate of drug-likeness (QED) is 0.645. The summed E-state index contributed by atoms with van der Waals surface area (Å²) in [5.74, 6) is 1.80. The fraction of sp³-hybridized carbons (Fsp3) is 0.500. The first kappa shape index (κ1) is 14.2. The molecule has 0 amide bonds. The lowest BCUT2D eigenvalue weighted by Crippen LogP contribution is -2.39. The van der Waals surface area contributed by atoms with E-state index < -0.39 is 0 Å². The number of methoxy groups -OCH3 is 1. The molecule has 0 aliphatic heterocycles. The Bertz CT molecular complexity index is 458. The Labute approximate surface area is 122 Å². The summed E-state index contributed by atoms with van der Waals surface area (Å²) in [5, 5.41) is 6.69. The molecular formula is C14H20BrN3O. The van der Waals surface area contributed by atoms with E-state index in [0.717, 1.165) is 29.1 Å². The summed E-state index contributed by atoms with van der Waals surface area (Å²) in [6.45, 7) is 0.833. The average Bonchev–Trinajstić information content (AvgIpc) is 3.21. The van der Waals surface area contributed by atoms with Crippen LogP contribution in [0.15, 0.2) is 27.7 Å². The molecule has 1 aliphatic carbocycles. The van der Waals surface area contributed by atoms with Crippen LogP contribution in [-0.4, -0.2) is 32.7 Å². The monoisotopic (exact) mass is 325 g/mol. The van der Waals surface area contributed by atoms with Crippen molar-refractivity contribution in [1.29, 1.82) is 0 Å². The predicted molar refractivity (Wildman–Crippen MR) is 81.9 cm³/mol. The average molecular weight is 326 g/mol. The van der Waals surface area contributed by atoms with Gasteiger partial charge in [0.2, 0.25) is 0 Å². The SMILES string of the molecule is CN=C(NCCc1cccc(Br)c1OC)NC1CC1. The molecule has 2 N–H and O–H groups in total. The molecule has 4 nitrogen and oxygen atoms in total. The van der Waals surface area contributed by atoms with E-state index in [-0.39, 0.29) is 0 Å². The third-order valence-corrected chi connectivity index (χ3v) is 3.71. The molecule has 0 aromatic heterocycles. The van der Waals surface area contributed by atoms with Crippen LogP contribution in [0.4, 0.5) is 0 Å². The first-order valence-electron chi connectivity index (χ1n) is 6.53. The van der Waals surface area contributed by atoms with Gasteiger partial charge in [-0.15, -0.1) is 0 Å². The molecule has 0 radical (unpaired) electrons. The molecule has 0 unspecified atom stereocenters. The van der Waals surface area contributed by atoms with Crippen LogP contribution < -0.4 is 15.4 Å². The van der Waals surface area contributed by atoms with E-state index in [1.807, 2.05) is 12.1 Å². The normalized spacial score (nSPS) is 15.2. The minimum absolute atomic E-state index is 0.617. The lowest BCUT2D eigenvalue weighted by atomic mass is 10.1. The second-order valence-corrected chi connectivity index (χ2v) is 5.45. The Hall–Kier alpha value is -1.23. The summed E-state index contributed by atoms with van der Waals surface area (Å²) in [7, 11) is 3.50. The predicted octanol–water partition coefficient (Wildman–Crippen LogP) is 2.33. The van der Waals surface area contributed by atoms with Crippen molar-refractivity contribution in [3.8, 4) is 5.75 Å². The number of hydrogen-bond acceptors (Lipinski definition) is 2. The number of nitrogens with one attached hydrogen (secondary N) is 2. The number of nitrogens with zero attached hydrogens (tertiary/aromatic N) is 1. The van der Waals surface area contributed by atoms with E-state index in [0.29, 0.717) is 6.04 Å². The number of ether oxygens (including phenoxy) is 1. The second kappa shape index (κ2) is 6.80. The number of hydrogen-bond donors (Lipinski definition) is 2. The molecule has 1 aromatic carbocycles. The highest BCUT2D eigenvalue weighted by molar-refractivity contribution is 9.10. The standard InChI is InChI=1S/C14H20BrN3O/c1-16-14(18-11-6-7-11)17-9-8-10-4-3-5-12(15)13(10)19-2/h3-5,11H,6-9H2,1-2H3,(H2,16,17,18). The van der Waals surface area contributed by atoms with E-state index in [4.69, 9.17) is 4.74 Å². The maximum atomic E-state index is 5.41. The fourth-order valence-corrected chi connectivity index (χ4v) is 2.48. The zero-order valence-corrected chi connectivity index (χ0v) is 13.0. The maximum absolute atomic E-state index is 5.41. The van der Waals surface area contributed by atoms with Gasteiger partial charge >= 0.3 is 0 Å². The molecule has 1 fully saturated rings. The molecule has 5 heteroatoms. The summed E-state index contributed by atoms with van der Waals surface area (Å²) in [4.78, 5) is 4.21. The number of rotatable bonds is 5. The molecule has 0 spiro atoms. The van der Waals surface area contributed by atoms with Crippen LogP contribution in [0.3, 0.4) is 0 Å². The molecule has 0 heterocycles. The van der Waals surface area contributed by atoms with Gasteiger partial charge in [0.1, 0.15) is 5.75 Å².